The van der Waals surface area contributed by atoms with Crippen molar-refractivity contribution in [2.24, 2.45) is 5.73 Å². The first-order valence-corrected chi connectivity index (χ1v) is 8.68. The number of aromatic nitrogens is 1. The van der Waals surface area contributed by atoms with Crippen LogP contribution in [0.2, 0.25) is 0 Å². The van der Waals surface area contributed by atoms with E-state index in [-0.39, 0.29) is 12.1 Å². The van der Waals surface area contributed by atoms with Crippen LogP contribution in [0.25, 0.3) is 10.9 Å². The highest BCUT2D eigenvalue weighted by molar-refractivity contribution is 5.81. The zero-order valence-corrected chi connectivity index (χ0v) is 14.8. The number of benzene rings is 1. The topological polar surface area (TPSA) is 71.3 Å². The van der Waals surface area contributed by atoms with Gasteiger partial charge in [0.25, 0.3) is 0 Å². The monoisotopic (exact) mass is 329 g/mol. The number of aromatic amines is 1. The highest BCUT2D eigenvalue weighted by Gasteiger charge is 2.32. The van der Waals surface area contributed by atoms with Crippen LogP contribution in [0.1, 0.15) is 57.3 Å². The van der Waals surface area contributed by atoms with Crippen LogP contribution in [0.3, 0.4) is 0 Å². The molecule has 3 N–H and O–H groups in total. The number of carbonyl (C=O) groups excluding carboxylic acids is 1. The Balaban J connectivity index is 1.88. The first-order chi connectivity index (χ1) is 11.4. The second-order valence-electron chi connectivity index (χ2n) is 7.54. The van der Waals surface area contributed by atoms with Crippen molar-refractivity contribution in [3.8, 4) is 0 Å². The van der Waals surface area contributed by atoms with E-state index in [1.807, 2.05) is 31.7 Å². The number of carbonyl (C=O) groups is 1. The van der Waals surface area contributed by atoms with E-state index in [9.17, 15) is 4.79 Å². The Morgan fingerprint density at radius 2 is 2.12 bits per heavy atom. The molecular weight excluding hydrogens is 302 g/mol. The minimum atomic E-state index is -0.477. The zero-order valence-electron chi connectivity index (χ0n) is 14.8. The SMILES string of the molecule is CC(C)(C)OC(=O)N1CCCCC1c1cc2ccc(CN)cc2[nH]1. The number of H-pyrrole nitrogens is 1. The molecule has 3 rings (SSSR count). The Bertz CT molecular complexity index is 730. The van der Waals surface area contributed by atoms with Crippen LogP contribution in [0.5, 0.6) is 0 Å². The molecule has 1 atom stereocenters. The molecule has 2 heterocycles. The maximum Gasteiger partial charge on any atom is 0.410 e. The Hall–Kier alpha value is -2.01. The van der Waals surface area contributed by atoms with Crippen LogP contribution in [0, 0.1) is 0 Å². The lowest BCUT2D eigenvalue weighted by atomic mass is 10.00. The lowest BCUT2D eigenvalue weighted by Gasteiger charge is -2.36. The second kappa shape index (κ2) is 6.48. The fourth-order valence-electron chi connectivity index (χ4n) is 3.30. The number of hydrogen-bond acceptors (Lipinski definition) is 3. The number of fused-ring (bicyclic) bond motifs is 1. The van der Waals surface area contributed by atoms with Gasteiger partial charge in [-0.3, -0.25) is 4.90 Å². The maximum absolute atomic E-state index is 12.6. The summed E-state index contributed by atoms with van der Waals surface area (Å²) in [6.07, 6.45) is 2.87. The van der Waals surface area contributed by atoms with Crippen molar-refractivity contribution in [2.45, 2.75) is 58.2 Å². The van der Waals surface area contributed by atoms with Crippen molar-refractivity contribution in [3.05, 3.63) is 35.5 Å². The third-order valence-corrected chi connectivity index (χ3v) is 4.43. The fraction of sp³-hybridized carbons (Fsp3) is 0.526. The average molecular weight is 329 g/mol. The van der Waals surface area contributed by atoms with Crippen molar-refractivity contribution >= 4 is 17.0 Å². The molecule has 1 fully saturated rings. The summed E-state index contributed by atoms with van der Waals surface area (Å²) in [5.74, 6) is 0. The van der Waals surface area contributed by atoms with Gasteiger partial charge in [-0.15, -0.1) is 0 Å². The van der Waals surface area contributed by atoms with Gasteiger partial charge in [0, 0.05) is 24.3 Å². The number of piperidine rings is 1. The molecule has 1 saturated heterocycles. The molecule has 1 aliphatic rings. The van der Waals surface area contributed by atoms with Gasteiger partial charge in [0.15, 0.2) is 0 Å². The van der Waals surface area contributed by atoms with Crippen molar-refractivity contribution in [1.82, 2.24) is 9.88 Å². The number of amides is 1. The maximum atomic E-state index is 12.6. The van der Waals surface area contributed by atoms with Crippen molar-refractivity contribution in [1.29, 1.82) is 0 Å². The third-order valence-electron chi connectivity index (χ3n) is 4.43. The molecular formula is C19H27N3O2. The summed E-state index contributed by atoms with van der Waals surface area (Å²) >= 11 is 0. The molecule has 0 radical (unpaired) electrons. The Morgan fingerprint density at radius 1 is 1.33 bits per heavy atom. The van der Waals surface area contributed by atoms with Crippen LogP contribution < -0.4 is 5.73 Å². The highest BCUT2D eigenvalue weighted by atomic mass is 16.6. The summed E-state index contributed by atoms with van der Waals surface area (Å²) in [5, 5.41) is 1.15. The molecule has 1 aromatic heterocycles. The lowest BCUT2D eigenvalue weighted by molar-refractivity contribution is 0.00908. The molecule has 1 unspecified atom stereocenters. The van der Waals surface area contributed by atoms with Gasteiger partial charge in [-0.2, -0.15) is 0 Å². The summed E-state index contributed by atoms with van der Waals surface area (Å²) in [6.45, 7) is 6.98. The molecule has 1 aliphatic heterocycles. The Kier molecular flexibility index (Phi) is 4.54. The van der Waals surface area contributed by atoms with Crippen molar-refractivity contribution < 1.29 is 9.53 Å². The molecule has 0 saturated carbocycles. The molecule has 24 heavy (non-hydrogen) atoms. The second-order valence-corrected chi connectivity index (χ2v) is 7.54. The highest BCUT2D eigenvalue weighted by Crippen LogP contribution is 2.33. The van der Waals surface area contributed by atoms with Crippen LogP contribution >= 0.6 is 0 Å². The van der Waals surface area contributed by atoms with Crippen LogP contribution in [0.15, 0.2) is 24.3 Å². The summed E-state index contributed by atoms with van der Waals surface area (Å²) in [6, 6.07) is 8.40. The van der Waals surface area contributed by atoms with E-state index in [1.54, 1.807) is 0 Å². The largest absolute Gasteiger partial charge is 0.444 e. The number of nitrogens with zero attached hydrogens (tertiary/aromatic N) is 1. The number of hydrogen-bond donors (Lipinski definition) is 2. The van der Waals surface area contributed by atoms with E-state index in [1.165, 1.54) is 0 Å². The number of rotatable bonds is 2. The van der Waals surface area contributed by atoms with Gasteiger partial charge < -0.3 is 15.5 Å². The molecule has 0 aliphatic carbocycles. The first kappa shape index (κ1) is 16.8. The molecule has 5 heteroatoms. The van der Waals surface area contributed by atoms with Gasteiger partial charge in [0.1, 0.15) is 5.60 Å². The minimum absolute atomic E-state index is 0.0438. The molecule has 0 bridgehead atoms. The van der Waals surface area contributed by atoms with Gasteiger partial charge in [0.05, 0.1) is 6.04 Å². The number of nitrogens with one attached hydrogen (secondary N) is 1. The fourth-order valence-corrected chi connectivity index (χ4v) is 3.30. The average Bonchev–Trinajstić information content (AvgIpc) is 2.96. The van der Waals surface area contributed by atoms with Crippen LogP contribution in [-0.4, -0.2) is 28.1 Å². The number of nitrogens with two attached hydrogens (primary N) is 1. The molecule has 1 aromatic carbocycles. The van der Waals surface area contributed by atoms with E-state index >= 15 is 0 Å². The van der Waals surface area contributed by atoms with E-state index in [2.05, 4.69) is 23.2 Å². The molecule has 0 spiro atoms. The number of likely N-dealkylation sites (tertiary alicyclic amines) is 1. The minimum Gasteiger partial charge on any atom is -0.444 e. The lowest BCUT2D eigenvalue weighted by Crippen LogP contribution is -2.42. The summed E-state index contributed by atoms with van der Waals surface area (Å²) in [7, 11) is 0. The van der Waals surface area contributed by atoms with Crippen molar-refractivity contribution in [3.63, 3.8) is 0 Å². The summed E-state index contributed by atoms with van der Waals surface area (Å²) in [5.41, 5.74) is 8.50. The van der Waals surface area contributed by atoms with E-state index < -0.39 is 5.60 Å². The van der Waals surface area contributed by atoms with Crippen LogP contribution in [-0.2, 0) is 11.3 Å². The molecule has 2 aromatic rings. The first-order valence-electron chi connectivity index (χ1n) is 8.68. The normalized spacial score (nSPS) is 18.8. The van der Waals surface area contributed by atoms with Gasteiger partial charge in [-0.25, -0.2) is 4.79 Å². The van der Waals surface area contributed by atoms with Crippen LogP contribution in [0.4, 0.5) is 4.79 Å². The molecule has 130 valence electrons. The Morgan fingerprint density at radius 3 is 2.83 bits per heavy atom. The Labute approximate surface area is 143 Å². The van der Waals surface area contributed by atoms with Gasteiger partial charge >= 0.3 is 6.09 Å². The third kappa shape index (κ3) is 3.56. The van der Waals surface area contributed by atoms with Gasteiger partial charge in [0.2, 0.25) is 0 Å². The predicted octanol–water partition coefficient (Wildman–Crippen LogP) is 4.09. The predicted molar refractivity (Wildman–Crippen MR) is 95.7 cm³/mol. The van der Waals surface area contributed by atoms with Gasteiger partial charge in [-0.05, 0) is 63.1 Å². The summed E-state index contributed by atoms with van der Waals surface area (Å²) in [4.78, 5) is 17.9. The van der Waals surface area contributed by atoms with E-state index in [0.717, 1.165) is 48.0 Å². The van der Waals surface area contributed by atoms with E-state index in [0.29, 0.717) is 6.54 Å². The van der Waals surface area contributed by atoms with Gasteiger partial charge in [-0.1, -0.05) is 12.1 Å². The standard InChI is InChI=1S/C19H27N3O2/c1-19(2,3)24-18(23)22-9-5-4-6-17(22)16-11-14-8-7-13(12-20)10-15(14)21-16/h7-8,10-11,17,21H,4-6,9,12,20H2,1-3H3. The molecule has 1 amide bonds. The zero-order chi connectivity index (χ0) is 17.3. The summed E-state index contributed by atoms with van der Waals surface area (Å²) < 4.78 is 5.60. The van der Waals surface area contributed by atoms with Crippen molar-refractivity contribution in [2.75, 3.05) is 6.54 Å². The number of ether oxygens (including phenoxy) is 1. The smallest absolute Gasteiger partial charge is 0.410 e. The quantitative estimate of drug-likeness (QED) is 0.871. The molecule has 5 nitrogen and oxygen atoms in total. The van der Waals surface area contributed by atoms with E-state index in [4.69, 9.17) is 10.5 Å².